The first-order valence-electron chi connectivity index (χ1n) is 5.62. The van der Waals surface area contributed by atoms with Crippen molar-refractivity contribution in [2.75, 3.05) is 0 Å². The lowest BCUT2D eigenvalue weighted by atomic mass is 9.85. The second-order valence-corrected chi connectivity index (χ2v) is 6.04. The van der Waals surface area contributed by atoms with Crippen LogP contribution in [0.2, 0.25) is 0 Å². The summed E-state index contributed by atoms with van der Waals surface area (Å²) in [5.41, 5.74) is 0.676. The molecule has 0 bridgehead atoms. The highest BCUT2D eigenvalue weighted by molar-refractivity contribution is 7.81. The molecule has 0 aliphatic heterocycles. The molecule has 0 aliphatic rings. The van der Waals surface area contributed by atoms with Crippen LogP contribution in [0.1, 0.15) is 48.0 Å². The summed E-state index contributed by atoms with van der Waals surface area (Å²) in [6.45, 7) is 12.2. The standard InChI is InChI=1S/C12H23BNOS/c1-7-8-14-9-10(2)13-15-11(3,4)12(5,6)16/h8-9,16H,7H2,1-6H3/b10-9+,14-8?. The fourth-order valence-electron chi connectivity index (χ4n) is 0.691. The Balaban J connectivity index is 4.25. The zero-order valence-electron chi connectivity index (χ0n) is 11.2. The molecule has 1 radical (unpaired) electrons. The van der Waals surface area contributed by atoms with E-state index in [4.69, 9.17) is 4.65 Å². The number of hydrogen-bond donors (Lipinski definition) is 1. The molecular formula is C12H23BNOS. The summed E-state index contributed by atoms with van der Waals surface area (Å²) in [7, 11) is 1.74. The Morgan fingerprint density at radius 1 is 1.38 bits per heavy atom. The summed E-state index contributed by atoms with van der Waals surface area (Å²) >= 11 is 4.53. The van der Waals surface area contributed by atoms with Gasteiger partial charge in [-0.05, 0) is 41.0 Å². The predicted octanol–water partition coefficient (Wildman–Crippen LogP) is 3.45. The second kappa shape index (κ2) is 6.50. The SMILES string of the molecule is CCC=N/C=C(\C)[B]OC(C)(C)C(C)(C)S. The summed E-state index contributed by atoms with van der Waals surface area (Å²) in [6.07, 6.45) is 4.61. The van der Waals surface area contributed by atoms with Crippen LogP contribution >= 0.6 is 12.6 Å². The molecule has 0 unspecified atom stereocenters. The molecule has 91 valence electrons. The highest BCUT2D eigenvalue weighted by Gasteiger charge is 2.34. The van der Waals surface area contributed by atoms with Crippen LogP contribution in [0.15, 0.2) is 16.7 Å². The molecule has 0 fully saturated rings. The lowest BCUT2D eigenvalue weighted by molar-refractivity contribution is 0.0844. The van der Waals surface area contributed by atoms with E-state index in [1.807, 2.05) is 40.8 Å². The van der Waals surface area contributed by atoms with Gasteiger partial charge in [0.25, 0.3) is 0 Å². The molecule has 0 amide bonds. The van der Waals surface area contributed by atoms with Gasteiger partial charge in [0, 0.05) is 17.2 Å². The number of hydrogen-bond acceptors (Lipinski definition) is 3. The highest BCUT2D eigenvalue weighted by atomic mass is 32.1. The van der Waals surface area contributed by atoms with E-state index in [9.17, 15) is 0 Å². The fraction of sp³-hybridized carbons (Fsp3) is 0.750. The van der Waals surface area contributed by atoms with Crippen molar-refractivity contribution in [3.05, 3.63) is 11.7 Å². The van der Waals surface area contributed by atoms with Crippen molar-refractivity contribution < 1.29 is 4.65 Å². The van der Waals surface area contributed by atoms with Gasteiger partial charge < -0.3 is 4.65 Å². The van der Waals surface area contributed by atoms with E-state index in [2.05, 4.69) is 24.5 Å². The third-order valence-electron chi connectivity index (χ3n) is 2.58. The molecule has 0 heterocycles. The number of nitrogens with zero attached hydrogens (tertiary/aromatic N) is 1. The van der Waals surface area contributed by atoms with E-state index < -0.39 is 0 Å². The summed E-state index contributed by atoms with van der Waals surface area (Å²) in [5, 5.41) is 0. The lowest BCUT2D eigenvalue weighted by Crippen LogP contribution is -2.44. The van der Waals surface area contributed by atoms with Crippen molar-refractivity contribution in [2.24, 2.45) is 4.99 Å². The zero-order valence-corrected chi connectivity index (χ0v) is 12.1. The first kappa shape index (κ1) is 15.8. The van der Waals surface area contributed by atoms with E-state index in [1.54, 1.807) is 13.7 Å². The van der Waals surface area contributed by atoms with Crippen molar-refractivity contribution in [1.29, 1.82) is 0 Å². The molecule has 0 saturated heterocycles. The van der Waals surface area contributed by atoms with Gasteiger partial charge in [-0.2, -0.15) is 12.6 Å². The van der Waals surface area contributed by atoms with Gasteiger partial charge in [-0.1, -0.05) is 12.4 Å². The monoisotopic (exact) mass is 240 g/mol. The minimum Gasteiger partial charge on any atom is -0.428 e. The molecule has 0 atom stereocenters. The minimum atomic E-state index is -0.320. The number of aliphatic imine (C=N–C) groups is 1. The molecule has 0 spiro atoms. The van der Waals surface area contributed by atoms with Gasteiger partial charge in [0.2, 0.25) is 0 Å². The van der Waals surface area contributed by atoms with E-state index in [-0.39, 0.29) is 10.3 Å². The van der Waals surface area contributed by atoms with Crippen LogP contribution < -0.4 is 0 Å². The molecule has 0 aromatic heterocycles. The van der Waals surface area contributed by atoms with Crippen molar-refractivity contribution in [3.8, 4) is 0 Å². The molecule has 0 rings (SSSR count). The molecule has 0 aromatic rings. The maximum absolute atomic E-state index is 5.74. The van der Waals surface area contributed by atoms with Crippen LogP contribution in [0.3, 0.4) is 0 Å². The second-order valence-electron chi connectivity index (χ2n) is 4.92. The molecule has 0 aliphatic carbocycles. The van der Waals surface area contributed by atoms with Gasteiger partial charge in [0.1, 0.15) is 0 Å². The highest BCUT2D eigenvalue weighted by Crippen LogP contribution is 2.30. The molecule has 4 heteroatoms. The van der Waals surface area contributed by atoms with Crippen molar-refractivity contribution in [2.45, 2.75) is 58.3 Å². The van der Waals surface area contributed by atoms with Crippen LogP contribution in [0.4, 0.5) is 0 Å². The van der Waals surface area contributed by atoms with Crippen molar-refractivity contribution in [1.82, 2.24) is 0 Å². The molecule has 2 nitrogen and oxygen atoms in total. The smallest absolute Gasteiger partial charge is 0.327 e. The minimum absolute atomic E-state index is 0.198. The lowest BCUT2D eigenvalue weighted by Gasteiger charge is -2.38. The Hall–Kier alpha value is -0.215. The maximum atomic E-state index is 5.74. The Bertz CT molecular complexity index is 267. The van der Waals surface area contributed by atoms with Gasteiger partial charge in [0.15, 0.2) is 0 Å². The normalized spacial score (nSPS) is 14.6. The summed E-state index contributed by atoms with van der Waals surface area (Å²) in [5.74, 6) is 0. The van der Waals surface area contributed by atoms with Gasteiger partial charge in [0.05, 0.1) is 5.60 Å². The van der Waals surface area contributed by atoms with Gasteiger partial charge in [-0.25, -0.2) is 0 Å². The number of thiol groups is 1. The number of rotatable bonds is 6. The van der Waals surface area contributed by atoms with Crippen molar-refractivity contribution >= 4 is 26.3 Å². The van der Waals surface area contributed by atoms with Gasteiger partial charge >= 0.3 is 7.48 Å². The molecule has 16 heavy (non-hydrogen) atoms. The Kier molecular flexibility index (Phi) is 6.42. The maximum Gasteiger partial charge on any atom is 0.327 e. The summed E-state index contributed by atoms with van der Waals surface area (Å²) < 4.78 is 5.54. The van der Waals surface area contributed by atoms with Gasteiger partial charge in [-0.3, -0.25) is 4.99 Å². The van der Waals surface area contributed by atoms with Crippen LogP contribution in [-0.2, 0) is 4.65 Å². The average Bonchev–Trinajstić information content (AvgIpc) is 2.13. The first-order valence-corrected chi connectivity index (χ1v) is 6.07. The zero-order chi connectivity index (χ0) is 12.8. The Labute approximate surface area is 106 Å². The predicted molar refractivity (Wildman–Crippen MR) is 76.5 cm³/mol. The van der Waals surface area contributed by atoms with E-state index >= 15 is 0 Å². The van der Waals surface area contributed by atoms with Crippen molar-refractivity contribution in [3.63, 3.8) is 0 Å². The third kappa shape index (κ3) is 5.76. The first-order chi connectivity index (χ1) is 7.20. The Morgan fingerprint density at radius 2 is 1.94 bits per heavy atom. The topological polar surface area (TPSA) is 21.6 Å². The molecule has 0 N–H and O–H groups in total. The van der Waals surface area contributed by atoms with E-state index in [0.29, 0.717) is 0 Å². The Morgan fingerprint density at radius 3 is 2.38 bits per heavy atom. The van der Waals surface area contributed by atoms with E-state index in [0.717, 1.165) is 11.9 Å². The van der Waals surface area contributed by atoms with Crippen LogP contribution in [-0.4, -0.2) is 24.0 Å². The largest absolute Gasteiger partial charge is 0.428 e. The average molecular weight is 240 g/mol. The summed E-state index contributed by atoms with van der Waals surface area (Å²) in [4.78, 5) is 4.14. The quantitative estimate of drug-likeness (QED) is 0.428. The molecule has 0 aromatic carbocycles. The fourth-order valence-corrected chi connectivity index (χ4v) is 0.743. The van der Waals surface area contributed by atoms with Crippen LogP contribution in [0, 0.1) is 0 Å². The number of allylic oxidation sites excluding steroid dienone is 1. The summed E-state index contributed by atoms with van der Waals surface area (Å²) in [6, 6.07) is 0. The van der Waals surface area contributed by atoms with Gasteiger partial charge in [-0.15, -0.1) is 0 Å². The molecule has 0 saturated carbocycles. The van der Waals surface area contributed by atoms with E-state index in [1.165, 1.54) is 0 Å². The molecular weight excluding hydrogens is 217 g/mol. The third-order valence-corrected chi connectivity index (χ3v) is 3.12. The van der Waals surface area contributed by atoms with Crippen LogP contribution in [0.5, 0.6) is 0 Å². The van der Waals surface area contributed by atoms with Crippen LogP contribution in [0.25, 0.3) is 0 Å².